The molecule has 0 spiro atoms. The van der Waals surface area contributed by atoms with Gasteiger partial charge in [0.25, 0.3) is 0 Å². The van der Waals surface area contributed by atoms with Crippen molar-refractivity contribution in [2.75, 3.05) is 0 Å². The molecule has 0 radical (unpaired) electrons. The Balaban J connectivity index is 2.77. The Hall–Kier alpha value is -1.29. The number of allylic oxidation sites excluding steroid dienone is 1. The van der Waals surface area contributed by atoms with E-state index in [9.17, 15) is 4.79 Å². The average Bonchev–Trinajstić information content (AvgIpc) is 2.34. The van der Waals surface area contributed by atoms with Crippen LogP contribution in [0.2, 0.25) is 0 Å². The minimum absolute atomic E-state index is 0.00733. The molecule has 0 aliphatic carbocycles. The first-order valence-corrected chi connectivity index (χ1v) is 3.57. The van der Waals surface area contributed by atoms with Crippen LogP contribution < -0.4 is 0 Å². The van der Waals surface area contributed by atoms with Crippen molar-refractivity contribution in [3.63, 3.8) is 0 Å². The van der Waals surface area contributed by atoms with E-state index in [-0.39, 0.29) is 5.69 Å². The van der Waals surface area contributed by atoms with Crippen LogP contribution in [-0.2, 0) is 6.54 Å². The average molecular weight is 187 g/mol. The van der Waals surface area contributed by atoms with Crippen molar-refractivity contribution in [2.45, 2.75) is 6.54 Å². The van der Waals surface area contributed by atoms with E-state index in [1.54, 1.807) is 0 Å². The second-order valence-corrected chi connectivity index (χ2v) is 2.76. The van der Waals surface area contributed by atoms with Crippen molar-refractivity contribution in [1.82, 2.24) is 9.78 Å². The van der Waals surface area contributed by atoms with Gasteiger partial charge in [-0.1, -0.05) is 18.2 Å². The Morgan fingerprint density at radius 2 is 2.50 bits per heavy atom. The van der Waals surface area contributed by atoms with Gasteiger partial charge in [0.15, 0.2) is 5.69 Å². The Bertz CT molecular complexity index is 319. The molecule has 1 aromatic rings. The van der Waals surface area contributed by atoms with Crippen LogP contribution >= 0.6 is 11.6 Å². The molecule has 64 valence electrons. The van der Waals surface area contributed by atoms with Crippen LogP contribution in [0.15, 0.2) is 23.9 Å². The number of aromatic carboxylic acids is 1. The lowest BCUT2D eigenvalue weighted by molar-refractivity contribution is 0.0689. The van der Waals surface area contributed by atoms with Gasteiger partial charge in [-0.25, -0.2) is 4.79 Å². The minimum atomic E-state index is -1.05. The van der Waals surface area contributed by atoms with Gasteiger partial charge in [0, 0.05) is 11.2 Å². The molecule has 5 heteroatoms. The zero-order valence-electron chi connectivity index (χ0n) is 6.20. The van der Waals surface area contributed by atoms with Crippen molar-refractivity contribution in [3.05, 3.63) is 29.6 Å². The Morgan fingerprint density at radius 3 is 2.92 bits per heavy atom. The summed E-state index contributed by atoms with van der Waals surface area (Å²) in [5.41, 5.74) is 0.00733. The Kier molecular flexibility index (Phi) is 2.50. The third-order valence-corrected chi connectivity index (χ3v) is 1.31. The molecule has 0 fully saturated rings. The highest BCUT2D eigenvalue weighted by atomic mass is 35.5. The Labute approximate surface area is 74.1 Å². The molecule has 1 N–H and O–H groups in total. The second kappa shape index (κ2) is 3.40. The Morgan fingerprint density at radius 1 is 1.83 bits per heavy atom. The molecule has 0 aliphatic heterocycles. The van der Waals surface area contributed by atoms with Crippen LogP contribution in [0.3, 0.4) is 0 Å². The summed E-state index contributed by atoms with van der Waals surface area (Å²) in [6.45, 7) is 3.79. The molecule has 12 heavy (non-hydrogen) atoms. The summed E-state index contributed by atoms with van der Waals surface area (Å²) in [7, 11) is 0. The third-order valence-electron chi connectivity index (χ3n) is 1.19. The van der Waals surface area contributed by atoms with Gasteiger partial charge in [0.1, 0.15) is 0 Å². The summed E-state index contributed by atoms with van der Waals surface area (Å²) >= 11 is 5.50. The highest BCUT2D eigenvalue weighted by Gasteiger charge is 2.05. The van der Waals surface area contributed by atoms with Gasteiger partial charge in [0.05, 0.1) is 6.54 Å². The van der Waals surface area contributed by atoms with Gasteiger partial charge < -0.3 is 5.11 Å². The maximum absolute atomic E-state index is 10.4. The number of carboxylic acid groups (broad SMARTS) is 1. The normalized spacial score (nSPS) is 9.75. The highest BCUT2D eigenvalue weighted by Crippen LogP contribution is 2.02. The maximum Gasteiger partial charge on any atom is 0.356 e. The summed E-state index contributed by atoms with van der Waals surface area (Å²) in [6, 6.07) is 1.40. The summed E-state index contributed by atoms with van der Waals surface area (Å²) in [6.07, 6.45) is 1.54. The molecule has 0 bridgehead atoms. The first-order chi connectivity index (χ1) is 5.59. The summed E-state index contributed by atoms with van der Waals surface area (Å²) in [5, 5.41) is 12.6. The summed E-state index contributed by atoms with van der Waals surface area (Å²) in [5.74, 6) is -1.05. The number of nitrogens with zero attached hydrogens (tertiary/aromatic N) is 2. The summed E-state index contributed by atoms with van der Waals surface area (Å²) < 4.78 is 1.42. The van der Waals surface area contributed by atoms with E-state index in [0.29, 0.717) is 11.6 Å². The van der Waals surface area contributed by atoms with Crippen molar-refractivity contribution in [1.29, 1.82) is 0 Å². The van der Waals surface area contributed by atoms with E-state index in [1.165, 1.54) is 16.9 Å². The SMILES string of the molecule is C=C(Cl)Cn1ccc(C(=O)O)n1. The largest absolute Gasteiger partial charge is 0.476 e. The second-order valence-electron chi connectivity index (χ2n) is 2.22. The van der Waals surface area contributed by atoms with Crippen LogP contribution in [0.4, 0.5) is 0 Å². The molecule has 1 rings (SSSR count). The lowest BCUT2D eigenvalue weighted by atomic mass is 10.5. The number of rotatable bonds is 3. The molecule has 0 aliphatic rings. The van der Waals surface area contributed by atoms with Gasteiger partial charge in [-0.2, -0.15) is 5.10 Å². The lowest BCUT2D eigenvalue weighted by Gasteiger charge is -1.95. The number of carbonyl (C=O) groups is 1. The molecular formula is C7H7ClN2O2. The smallest absolute Gasteiger partial charge is 0.356 e. The molecule has 0 aromatic carbocycles. The first-order valence-electron chi connectivity index (χ1n) is 3.19. The van der Waals surface area contributed by atoms with Crippen LogP contribution in [-0.4, -0.2) is 20.9 Å². The zero-order chi connectivity index (χ0) is 9.14. The van der Waals surface area contributed by atoms with Crippen molar-refractivity contribution < 1.29 is 9.90 Å². The molecule has 0 amide bonds. The van der Waals surface area contributed by atoms with E-state index in [4.69, 9.17) is 16.7 Å². The van der Waals surface area contributed by atoms with Gasteiger partial charge >= 0.3 is 5.97 Å². The van der Waals surface area contributed by atoms with Gasteiger partial charge in [0.2, 0.25) is 0 Å². The van der Waals surface area contributed by atoms with Crippen LogP contribution in [0, 0.1) is 0 Å². The molecule has 0 unspecified atom stereocenters. The van der Waals surface area contributed by atoms with Crippen LogP contribution in [0.1, 0.15) is 10.5 Å². The van der Waals surface area contributed by atoms with Crippen LogP contribution in [0.5, 0.6) is 0 Å². The van der Waals surface area contributed by atoms with E-state index >= 15 is 0 Å². The van der Waals surface area contributed by atoms with Crippen LogP contribution in [0.25, 0.3) is 0 Å². The first kappa shape index (κ1) is 8.80. The van der Waals surface area contributed by atoms with Gasteiger partial charge in [-0.15, -0.1) is 0 Å². The third kappa shape index (κ3) is 2.10. The number of hydrogen-bond donors (Lipinski definition) is 1. The van der Waals surface area contributed by atoms with E-state index in [2.05, 4.69) is 11.7 Å². The van der Waals surface area contributed by atoms with E-state index < -0.39 is 5.97 Å². The monoisotopic (exact) mass is 186 g/mol. The van der Waals surface area contributed by atoms with E-state index in [0.717, 1.165) is 0 Å². The fraction of sp³-hybridized carbons (Fsp3) is 0.143. The minimum Gasteiger partial charge on any atom is -0.476 e. The number of aromatic nitrogens is 2. The molecule has 1 heterocycles. The number of hydrogen-bond acceptors (Lipinski definition) is 2. The van der Waals surface area contributed by atoms with Gasteiger partial charge in [-0.05, 0) is 6.07 Å². The predicted octanol–water partition coefficient (Wildman–Crippen LogP) is 1.33. The number of halogens is 1. The van der Waals surface area contributed by atoms with Crippen molar-refractivity contribution >= 4 is 17.6 Å². The lowest BCUT2D eigenvalue weighted by Crippen LogP contribution is -2.02. The molecule has 0 saturated heterocycles. The fourth-order valence-electron chi connectivity index (χ4n) is 0.740. The maximum atomic E-state index is 10.4. The van der Waals surface area contributed by atoms with Gasteiger partial charge in [-0.3, -0.25) is 4.68 Å². The summed E-state index contributed by atoms with van der Waals surface area (Å²) in [4.78, 5) is 10.4. The topological polar surface area (TPSA) is 55.1 Å². The fourth-order valence-corrected chi connectivity index (χ4v) is 0.862. The van der Waals surface area contributed by atoms with Crippen molar-refractivity contribution in [2.24, 2.45) is 0 Å². The molecule has 4 nitrogen and oxygen atoms in total. The van der Waals surface area contributed by atoms with Crippen molar-refractivity contribution in [3.8, 4) is 0 Å². The molecular weight excluding hydrogens is 180 g/mol. The predicted molar refractivity (Wildman–Crippen MR) is 44.2 cm³/mol. The molecule has 0 saturated carbocycles. The highest BCUT2D eigenvalue weighted by molar-refractivity contribution is 6.29. The quantitative estimate of drug-likeness (QED) is 0.775. The molecule has 0 atom stereocenters. The number of carboxylic acids is 1. The zero-order valence-corrected chi connectivity index (χ0v) is 6.95. The standard InChI is InChI=1S/C7H7ClN2O2/c1-5(8)4-10-3-2-6(9-10)7(11)12/h2-3H,1,4H2,(H,11,12). The molecule has 1 aromatic heterocycles. The van der Waals surface area contributed by atoms with E-state index in [1.807, 2.05) is 0 Å².